The Morgan fingerprint density at radius 3 is 2.68 bits per heavy atom. The van der Waals surface area contributed by atoms with E-state index in [-0.39, 0.29) is 11.3 Å². The summed E-state index contributed by atoms with van der Waals surface area (Å²) in [5, 5.41) is 1.55. The molecule has 0 bridgehead atoms. The van der Waals surface area contributed by atoms with Crippen LogP contribution in [-0.4, -0.2) is 15.0 Å². The molecule has 19 heavy (non-hydrogen) atoms. The van der Waals surface area contributed by atoms with Crippen LogP contribution >= 0.6 is 11.8 Å². The summed E-state index contributed by atoms with van der Waals surface area (Å²) in [6.45, 7) is 0. The van der Waals surface area contributed by atoms with Crippen LogP contribution in [0.5, 0.6) is 0 Å². The highest BCUT2D eigenvalue weighted by Gasteiger charge is 2.11. The summed E-state index contributed by atoms with van der Waals surface area (Å²) in [7, 11) is 0. The van der Waals surface area contributed by atoms with E-state index in [1.54, 1.807) is 6.20 Å². The van der Waals surface area contributed by atoms with Gasteiger partial charge in [0.05, 0.1) is 5.39 Å². The second-order valence-corrected chi connectivity index (χ2v) is 4.87. The molecule has 0 amide bonds. The molecule has 0 aliphatic heterocycles. The molecule has 3 rings (SSSR count). The molecule has 0 spiro atoms. The van der Waals surface area contributed by atoms with Gasteiger partial charge in [-0.15, -0.1) is 11.8 Å². The van der Waals surface area contributed by atoms with Crippen LogP contribution in [0, 0.1) is 11.6 Å². The third kappa shape index (κ3) is 2.31. The Hall–Kier alpha value is -1.95. The standard InChI is InChI=1S/C13H9F2N3S/c14-10-2-1-3-11(15)9(10)6-19-13-8-4-5-16-12(8)17-7-18-13/h1-5,7H,6H2,(H,16,17,18). The number of nitrogens with one attached hydrogen (secondary N) is 1. The Bertz CT molecular complexity index is 706. The number of aromatic amines is 1. The van der Waals surface area contributed by atoms with Crippen LogP contribution in [0.1, 0.15) is 5.56 Å². The van der Waals surface area contributed by atoms with Crippen molar-refractivity contribution >= 4 is 22.8 Å². The number of benzene rings is 1. The molecular weight excluding hydrogens is 268 g/mol. The topological polar surface area (TPSA) is 41.6 Å². The van der Waals surface area contributed by atoms with Gasteiger partial charge in [0.25, 0.3) is 0 Å². The zero-order chi connectivity index (χ0) is 13.2. The predicted molar refractivity (Wildman–Crippen MR) is 69.8 cm³/mol. The van der Waals surface area contributed by atoms with Gasteiger partial charge < -0.3 is 4.98 Å². The van der Waals surface area contributed by atoms with Crippen molar-refractivity contribution in [3.63, 3.8) is 0 Å². The van der Waals surface area contributed by atoms with Gasteiger partial charge in [-0.05, 0) is 18.2 Å². The van der Waals surface area contributed by atoms with Crippen molar-refractivity contribution in [3.8, 4) is 0 Å². The van der Waals surface area contributed by atoms with Gasteiger partial charge in [0.1, 0.15) is 28.6 Å². The fourth-order valence-electron chi connectivity index (χ4n) is 1.77. The number of H-pyrrole nitrogens is 1. The summed E-state index contributed by atoms with van der Waals surface area (Å²) in [5.41, 5.74) is 0.779. The molecule has 0 saturated carbocycles. The lowest BCUT2D eigenvalue weighted by molar-refractivity contribution is 0.566. The lowest BCUT2D eigenvalue weighted by Crippen LogP contribution is -1.93. The second kappa shape index (κ2) is 4.97. The lowest BCUT2D eigenvalue weighted by Gasteiger charge is -2.04. The van der Waals surface area contributed by atoms with E-state index in [0.29, 0.717) is 10.7 Å². The molecule has 96 valence electrons. The maximum absolute atomic E-state index is 13.5. The molecule has 1 aromatic carbocycles. The molecule has 6 heteroatoms. The Morgan fingerprint density at radius 1 is 1.11 bits per heavy atom. The molecule has 0 unspecified atom stereocenters. The molecule has 3 aromatic rings. The van der Waals surface area contributed by atoms with Crippen LogP contribution < -0.4 is 0 Å². The highest BCUT2D eigenvalue weighted by molar-refractivity contribution is 7.98. The highest BCUT2D eigenvalue weighted by Crippen LogP contribution is 2.28. The molecule has 2 aromatic heterocycles. The maximum atomic E-state index is 13.5. The van der Waals surface area contributed by atoms with E-state index < -0.39 is 11.6 Å². The van der Waals surface area contributed by atoms with Crippen LogP contribution in [-0.2, 0) is 5.75 Å². The van der Waals surface area contributed by atoms with E-state index in [9.17, 15) is 8.78 Å². The fraction of sp³-hybridized carbons (Fsp3) is 0.0769. The van der Waals surface area contributed by atoms with Gasteiger partial charge in [-0.1, -0.05) is 6.07 Å². The van der Waals surface area contributed by atoms with Crippen LogP contribution in [0.25, 0.3) is 11.0 Å². The Balaban J connectivity index is 1.88. The zero-order valence-corrected chi connectivity index (χ0v) is 10.5. The van der Waals surface area contributed by atoms with Gasteiger partial charge in [-0.3, -0.25) is 0 Å². The molecule has 0 aliphatic carbocycles. The number of halogens is 2. The van der Waals surface area contributed by atoms with Crippen molar-refractivity contribution in [2.24, 2.45) is 0 Å². The molecule has 0 fully saturated rings. The molecule has 0 aliphatic rings. The minimum atomic E-state index is -0.535. The van der Waals surface area contributed by atoms with Crippen molar-refractivity contribution in [2.45, 2.75) is 10.8 Å². The minimum absolute atomic E-state index is 0.0646. The van der Waals surface area contributed by atoms with E-state index in [2.05, 4.69) is 15.0 Å². The summed E-state index contributed by atoms with van der Waals surface area (Å²) >= 11 is 1.28. The summed E-state index contributed by atoms with van der Waals surface area (Å²) in [4.78, 5) is 11.2. The van der Waals surface area contributed by atoms with Crippen LogP contribution in [0.4, 0.5) is 8.78 Å². The minimum Gasteiger partial charge on any atom is -0.346 e. The van der Waals surface area contributed by atoms with Crippen LogP contribution in [0.2, 0.25) is 0 Å². The Kier molecular flexibility index (Phi) is 3.16. The summed E-state index contributed by atoms with van der Waals surface area (Å²) in [6, 6.07) is 5.71. The number of aromatic nitrogens is 3. The van der Waals surface area contributed by atoms with Gasteiger partial charge in [-0.2, -0.15) is 0 Å². The van der Waals surface area contributed by atoms with Crippen molar-refractivity contribution < 1.29 is 8.78 Å². The first kappa shape index (κ1) is 12.1. The SMILES string of the molecule is Fc1cccc(F)c1CSc1ncnc2[nH]ccc12. The third-order valence-electron chi connectivity index (χ3n) is 2.73. The third-order valence-corrected chi connectivity index (χ3v) is 3.76. The lowest BCUT2D eigenvalue weighted by atomic mass is 10.2. The van der Waals surface area contributed by atoms with Gasteiger partial charge in [0.2, 0.25) is 0 Å². The average Bonchev–Trinajstić information content (AvgIpc) is 2.87. The molecule has 2 heterocycles. The first-order valence-corrected chi connectivity index (χ1v) is 6.58. The van der Waals surface area contributed by atoms with E-state index in [4.69, 9.17) is 0 Å². The highest BCUT2D eigenvalue weighted by atomic mass is 32.2. The fourth-order valence-corrected chi connectivity index (χ4v) is 2.77. The monoisotopic (exact) mass is 277 g/mol. The summed E-state index contributed by atoms with van der Waals surface area (Å²) in [6.07, 6.45) is 3.19. The van der Waals surface area contributed by atoms with Gasteiger partial charge in [0, 0.05) is 17.5 Å². The van der Waals surface area contributed by atoms with Gasteiger partial charge in [-0.25, -0.2) is 18.7 Å². The Morgan fingerprint density at radius 2 is 1.89 bits per heavy atom. The zero-order valence-electron chi connectivity index (χ0n) is 9.73. The van der Waals surface area contributed by atoms with E-state index in [1.165, 1.54) is 36.3 Å². The van der Waals surface area contributed by atoms with E-state index >= 15 is 0 Å². The van der Waals surface area contributed by atoms with Crippen molar-refractivity contribution in [1.82, 2.24) is 15.0 Å². The Labute approximate surface area is 112 Å². The normalized spacial score (nSPS) is 11.1. The largest absolute Gasteiger partial charge is 0.346 e. The maximum Gasteiger partial charge on any atom is 0.141 e. The molecule has 1 N–H and O–H groups in total. The van der Waals surface area contributed by atoms with Gasteiger partial charge in [0.15, 0.2) is 0 Å². The van der Waals surface area contributed by atoms with E-state index in [0.717, 1.165) is 5.39 Å². The van der Waals surface area contributed by atoms with Crippen molar-refractivity contribution in [1.29, 1.82) is 0 Å². The van der Waals surface area contributed by atoms with Crippen molar-refractivity contribution in [3.05, 3.63) is 54.0 Å². The number of thioether (sulfide) groups is 1. The number of rotatable bonds is 3. The first-order chi connectivity index (χ1) is 9.25. The van der Waals surface area contributed by atoms with Crippen LogP contribution in [0.15, 0.2) is 41.8 Å². The van der Waals surface area contributed by atoms with Crippen LogP contribution in [0.3, 0.4) is 0 Å². The number of fused-ring (bicyclic) bond motifs is 1. The molecule has 0 radical (unpaired) electrons. The predicted octanol–water partition coefficient (Wildman–Crippen LogP) is 3.53. The number of hydrogen-bond donors (Lipinski definition) is 1. The quantitative estimate of drug-likeness (QED) is 0.588. The first-order valence-electron chi connectivity index (χ1n) is 5.59. The molecule has 0 saturated heterocycles. The molecule has 3 nitrogen and oxygen atoms in total. The second-order valence-electron chi connectivity index (χ2n) is 3.91. The average molecular weight is 277 g/mol. The molecule has 0 atom stereocenters. The van der Waals surface area contributed by atoms with E-state index in [1.807, 2.05) is 6.07 Å². The van der Waals surface area contributed by atoms with Crippen molar-refractivity contribution in [2.75, 3.05) is 0 Å². The number of hydrogen-bond acceptors (Lipinski definition) is 3. The van der Waals surface area contributed by atoms with Gasteiger partial charge >= 0.3 is 0 Å². The molecular formula is C13H9F2N3S. The summed E-state index contributed by atoms with van der Waals surface area (Å²) < 4.78 is 27.0. The number of nitrogens with zero attached hydrogens (tertiary/aromatic N) is 2. The summed E-state index contributed by atoms with van der Waals surface area (Å²) in [5.74, 6) is -0.880. The smallest absolute Gasteiger partial charge is 0.141 e.